The van der Waals surface area contributed by atoms with E-state index in [4.69, 9.17) is 5.73 Å². The molecule has 0 aliphatic carbocycles. The zero-order valence-electron chi connectivity index (χ0n) is 10.5. The molecule has 3 heterocycles. The molecule has 3 N–H and O–H groups in total. The van der Waals surface area contributed by atoms with E-state index in [1.807, 2.05) is 13.0 Å². The highest BCUT2D eigenvalue weighted by molar-refractivity contribution is 5.83. The first kappa shape index (κ1) is 11.3. The van der Waals surface area contributed by atoms with E-state index in [0.29, 0.717) is 5.69 Å². The maximum atomic E-state index is 11.7. The van der Waals surface area contributed by atoms with Crippen LogP contribution in [0.1, 0.15) is 18.4 Å². The number of hydrogen-bond donors (Lipinski definition) is 2. The van der Waals surface area contributed by atoms with Crippen LogP contribution in [0.4, 0.5) is 11.5 Å². The fourth-order valence-corrected chi connectivity index (χ4v) is 2.94. The lowest BCUT2D eigenvalue weighted by molar-refractivity contribution is -0.122. The quantitative estimate of drug-likeness (QED) is 0.764. The van der Waals surface area contributed by atoms with Crippen molar-refractivity contribution in [2.45, 2.75) is 25.8 Å². The lowest BCUT2D eigenvalue weighted by Gasteiger charge is -2.37. The smallest absolute Gasteiger partial charge is 0.225 e. The van der Waals surface area contributed by atoms with Crippen LogP contribution >= 0.6 is 0 Å². The Morgan fingerprint density at radius 1 is 1.56 bits per heavy atom. The van der Waals surface area contributed by atoms with Gasteiger partial charge in [-0.05, 0) is 31.4 Å². The summed E-state index contributed by atoms with van der Waals surface area (Å²) in [7, 11) is 0. The molecule has 18 heavy (non-hydrogen) atoms. The Morgan fingerprint density at radius 3 is 3.17 bits per heavy atom. The summed E-state index contributed by atoms with van der Waals surface area (Å²) in [6, 6.07) is 2.27. The Balaban J connectivity index is 1.91. The number of aryl methyl sites for hydroxylation is 1. The van der Waals surface area contributed by atoms with Gasteiger partial charge in [0.2, 0.25) is 5.91 Å². The van der Waals surface area contributed by atoms with Crippen molar-refractivity contribution >= 4 is 17.4 Å². The van der Waals surface area contributed by atoms with Gasteiger partial charge in [0.1, 0.15) is 5.82 Å². The van der Waals surface area contributed by atoms with Gasteiger partial charge in [0, 0.05) is 13.1 Å². The zero-order valence-corrected chi connectivity index (χ0v) is 10.5. The van der Waals surface area contributed by atoms with E-state index >= 15 is 0 Å². The number of piperidine rings is 1. The number of aromatic nitrogens is 1. The van der Waals surface area contributed by atoms with Gasteiger partial charge < -0.3 is 16.0 Å². The minimum absolute atomic E-state index is 0.124. The molecular formula is C13H18N4O. The third kappa shape index (κ3) is 1.70. The molecule has 2 aliphatic rings. The third-order valence-corrected chi connectivity index (χ3v) is 4.03. The summed E-state index contributed by atoms with van der Waals surface area (Å²) < 4.78 is 0. The number of amides is 1. The highest BCUT2D eigenvalue weighted by Crippen LogP contribution is 2.31. The van der Waals surface area contributed by atoms with Gasteiger partial charge in [-0.1, -0.05) is 0 Å². The Hall–Kier alpha value is -1.78. The molecule has 0 aromatic carbocycles. The molecule has 0 spiro atoms. The molecule has 1 aromatic heterocycles. The van der Waals surface area contributed by atoms with Crippen LogP contribution in [0.3, 0.4) is 0 Å². The van der Waals surface area contributed by atoms with Crippen LogP contribution in [-0.2, 0) is 4.79 Å². The van der Waals surface area contributed by atoms with Crippen molar-refractivity contribution in [1.82, 2.24) is 10.3 Å². The fraction of sp³-hybridized carbons (Fsp3) is 0.538. The van der Waals surface area contributed by atoms with E-state index in [1.54, 1.807) is 6.20 Å². The molecule has 2 atom stereocenters. The van der Waals surface area contributed by atoms with Gasteiger partial charge in [0.25, 0.3) is 0 Å². The number of nitrogens with zero attached hydrogens (tertiary/aromatic N) is 2. The number of rotatable bonds is 1. The minimum Gasteiger partial charge on any atom is -0.397 e. The minimum atomic E-state index is 0.124. The number of nitrogens with two attached hydrogens (primary N) is 1. The molecule has 2 aliphatic heterocycles. The van der Waals surface area contributed by atoms with E-state index in [1.165, 1.54) is 0 Å². The Kier molecular flexibility index (Phi) is 2.61. The summed E-state index contributed by atoms with van der Waals surface area (Å²) in [5, 5.41) is 2.95. The first-order chi connectivity index (χ1) is 8.66. The summed E-state index contributed by atoms with van der Waals surface area (Å²) in [5.41, 5.74) is 7.56. The molecular weight excluding hydrogens is 228 g/mol. The lowest BCUT2D eigenvalue weighted by atomic mass is 9.91. The monoisotopic (exact) mass is 246 g/mol. The number of carbonyl (C=O) groups excluding carboxylic acids is 1. The average Bonchev–Trinajstić information content (AvgIpc) is 2.75. The number of anilines is 2. The highest BCUT2D eigenvalue weighted by atomic mass is 16.2. The molecule has 96 valence electrons. The second kappa shape index (κ2) is 4.15. The summed E-state index contributed by atoms with van der Waals surface area (Å²) in [4.78, 5) is 18.4. The number of pyridine rings is 1. The van der Waals surface area contributed by atoms with Crippen molar-refractivity contribution in [1.29, 1.82) is 0 Å². The predicted octanol–water partition coefficient (Wildman–Crippen LogP) is 0.687. The van der Waals surface area contributed by atoms with E-state index in [9.17, 15) is 4.79 Å². The first-order valence-corrected chi connectivity index (χ1v) is 6.43. The average molecular weight is 246 g/mol. The Bertz CT molecular complexity index is 488. The third-order valence-electron chi connectivity index (χ3n) is 4.03. The van der Waals surface area contributed by atoms with Crippen molar-refractivity contribution in [3.8, 4) is 0 Å². The van der Waals surface area contributed by atoms with Gasteiger partial charge in [0.15, 0.2) is 0 Å². The normalized spacial score (nSPS) is 26.9. The van der Waals surface area contributed by atoms with Crippen LogP contribution in [0.2, 0.25) is 0 Å². The Labute approximate surface area is 106 Å². The standard InChI is InChI=1S/C13H18N4O/c1-8-5-12(15-6-10(8)14)17-4-2-3-9-11(17)7-16-13(9)18/h5-6,9,11H,2-4,7,14H2,1H3,(H,16,18). The van der Waals surface area contributed by atoms with Crippen molar-refractivity contribution in [3.63, 3.8) is 0 Å². The predicted molar refractivity (Wildman–Crippen MR) is 70.3 cm³/mol. The summed E-state index contributed by atoms with van der Waals surface area (Å²) in [5.74, 6) is 1.25. The van der Waals surface area contributed by atoms with Crippen LogP contribution in [0, 0.1) is 12.8 Å². The number of fused-ring (bicyclic) bond motifs is 1. The molecule has 0 saturated carbocycles. The lowest BCUT2D eigenvalue weighted by Crippen LogP contribution is -2.46. The summed E-state index contributed by atoms with van der Waals surface area (Å²) >= 11 is 0. The van der Waals surface area contributed by atoms with Crippen LogP contribution < -0.4 is 16.0 Å². The van der Waals surface area contributed by atoms with Gasteiger partial charge in [0.05, 0.1) is 23.8 Å². The van der Waals surface area contributed by atoms with Gasteiger partial charge in [-0.25, -0.2) is 4.98 Å². The van der Waals surface area contributed by atoms with Crippen LogP contribution in [0.15, 0.2) is 12.3 Å². The van der Waals surface area contributed by atoms with E-state index in [0.717, 1.165) is 37.3 Å². The second-order valence-corrected chi connectivity index (χ2v) is 5.15. The maximum Gasteiger partial charge on any atom is 0.225 e. The zero-order chi connectivity index (χ0) is 12.7. The van der Waals surface area contributed by atoms with E-state index < -0.39 is 0 Å². The number of hydrogen-bond acceptors (Lipinski definition) is 4. The molecule has 1 amide bonds. The molecule has 2 saturated heterocycles. The molecule has 2 fully saturated rings. The van der Waals surface area contributed by atoms with Gasteiger partial charge in [-0.15, -0.1) is 0 Å². The molecule has 5 heteroatoms. The molecule has 5 nitrogen and oxygen atoms in total. The van der Waals surface area contributed by atoms with Crippen LogP contribution in [0.5, 0.6) is 0 Å². The number of carbonyl (C=O) groups is 1. The SMILES string of the molecule is Cc1cc(N2CCCC3C(=O)NCC32)ncc1N. The second-order valence-electron chi connectivity index (χ2n) is 5.15. The Morgan fingerprint density at radius 2 is 2.39 bits per heavy atom. The van der Waals surface area contributed by atoms with Crippen molar-refractivity contribution < 1.29 is 4.79 Å². The van der Waals surface area contributed by atoms with Crippen LogP contribution in [-0.4, -0.2) is 30.0 Å². The summed E-state index contributed by atoms with van der Waals surface area (Å²) in [6.07, 6.45) is 3.74. The fourth-order valence-electron chi connectivity index (χ4n) is 2.94. The van der Waals surface area contributed by atoms with Crippen molar-refractivity contribution in [2.75, 3.05) is 23.7 Å². The van der Waals surface area contributed by atoms with Gasteiger partial charge in [-0.2, -0.15) is 0 Å². The number of nitrogen functional groups attached to an aromatic ring is 1. The summed E-state index contributed by atoms with van der Waals surface area (Å²) in [6.45, 7) is 3.68. The molecule has 0 bridgehead atoms. The van der Waals surface area contributed by atoms with E-state index in [-0.39, 0.29) is 17.9 Å². The highest BCUT2D eigenvalue weighted by Gasteiger charge is 2.41. The number of nitrogens with one attached hydrogen (secondary N) is 1. The first-order valence-electron chi connectivity index (χ1n) is 6.43. The van der Waals surface area contributed by atoms with Gasteiger partial charge >= 0.3 is 0 Å². The van der Waals surface area contributed by atoms with Crippen molar-refractivity contribution in [3.05, 3.63) is 17.8 Å². The molecule has 0 radical (unpaired) electrons. The van der Waals surface area contributed by atoms with Crippen LogP contribution in [0.25, 0.3) is 0 Å². The largest absolute Gasteiger partial charge is 0.397 e. The molecule has 2 unspecified atom stereocenters. The van der Waals surface area contributed by atoms with Gasteiger partial charge in [-0.3, -0.25) is 4.79 Å². The molecule has 3 rings (SSSR count). The van der Waals surface area contributed by atoms with E-state index in [2.05, 4.69) is 15.2 Å². The molecule has 1 aromatic rings. The van der Waals surface area contributed by atoms with Crippen molar-refractivity contribution in [2.24, 2.45) is 5.92 Å². The topological polar surface area (TPSA) is 71.2 Å². The maximum absolute atomic E-state index is 11.7.